The molecule has 0 bridgehead atoms. The normalized spacial score (nSPS) is 14.2. The van der Waals surface area contributed by atoms with Crippen LogP contribution in [0, 0.1) is 0 Å². The monoisotopic (exact) mass is 529 g/mol. The number of likely N-dealkylation sites (tertiary alicyclic amines) is 1. The molecule has 0 aliphatic carbocycles. The average Bonchev–Trinajstić information content (AvgIpc) is 3.30. The van der Waals surface area contributed by atoms with Crippen molar-refractivity contribution < 1.29 is 22.7 Å². The molecule has 39 heavy (non-hydrogen) atoms. The maximum atomic E-state index is 13.2. The third kappa shape index (κ3) is 5.19. The molecule has 5 aromatic rings. The SMILES string of the molecule is O=C(c1ccc2c(c1)nc(-c1cccc3ccccc13)n2Cc1ccc(OC(F)(F)F)cc1)N1CCCCC1. The van der Waals surface area contributed by atoms with Gasteiger partial charge in [-0.1, -0.05) is 54.6 Å². The Labute approximate surface area is 223 Å². The Balaban J connectivity index is 1.44. The third-order valence-corrected chi connectivity index (χ3v) is 7.17. The van der Waals surface area contributed by atoms with Crippen molar-refractivity contribution in [1.82, 2.24) is 14.5 Å². The van der Waals surface area contributed by atoms with Gasteiger partial charge in [0.1, 0.15) is 11.6 Å². The number of ether oxygens (including phenoxy) is 1. The van der Waals surface area contributed by atoms with Gasteiger partial charge in [0, 0.05) is 30.8 Å². The molecule has 1 fully saturated rings. The summed E-state index contributed by atoms with van der Waals surface area (Å²) in [6.07, 6.45) is -1.57. The quantitative estimate of drug-likeness (QED) is 0.238. The summed E-state index contributed by atoms with van der Waals surface area (Å²) in [7, 11) is 0. The fourth-order valence-corrected chi connectivity index (χ4v) is 5.31. The Bertz CT molecular complexity index is 1650. The Morgan fingerprint density at radius 2 is 1.62 bits per heavy atom. The summed E-state index contributed by atoms with van der Waals surface area (Å²) < 4.78 is 44.0. The molecular formula is C31H26F3N3O2. The van der Waals surface area contributed by atoms with Gasteiger partial charge in [-0.05, 0) is 65.9 Å². The number of amides is 1. The first kappa shape index (κ1) is 25.0. The van der Waals surface area contributed by atoms with Crippen molar-refractivity contribution in [2.45, 2.75) is 32.2 Å². The number of carbonyl (C=O) groups excluding carboxylic acids is 1. The minimum Gasteiger partial charge on any atom is -0.406 e. The number of imidazole rings is 1. The maximum absolute atomic E-state index is 13.2. The summed E-state index contributed by atoms with van der Waals surface area (Å²) in [5.74, 6) is 0.468. The number of carbonyl (C=O) groups is 1. The fraction of sp³-hybridized carbons (Fsp3) is 0.226. The van der Waals surface area contributed by atoms with Crippen LogP contribution in [0.4, 0.5) is 13.2 Å². The Morgan fingerprint density at radius 1 is 0.872 bits per heavy atom. The molecule has 0 atom stereocenters. The second-order valence-electron chi connectivity index (χ2n) is 9.80. The van der Waals surface area contributed by atoms with Crippen molar-refractivity contribution in [3.8, 4) is 17.1 Å². The van der Waals surface area contributed by atoms with Crippen molar-refractivity contribution >= 4 is 27.7 Å². The molecule has 1 aliphatic rings. The van der Waals surface area contributed by atoms with Crippen LogP contribution in [-0.4, -0.2) is 39.8 Å². The molecule has 0 unspecified atom stereocenters. The summed E-state index contributed by atoms with van der Waals surface area (Å²) in [6.45, 7) is 1.90. The van der Waals surface area contributed by atoms with Crippen LogP contribution in [0.1, 0.15) is 35.2 Å². The van der Waals surface area contributed by atoms with Gasteiger partial charge in [0.15, 0.2) is 0 Å². The van der Waals surface area contributed by atoms with Crippen molar-refractivity contribution in [1.29, 1.82) is 0 Å². The van der Waals surface area contributed by atoms with Crippen molar-refractivity contribution in [3.05, 3.63) is 96.1 Å². The highest BCUT2D eigenvalue weighted by atomic mass is 19.4. The van der Waals surface area contributed by atoms with Crippen LogP contribution in [0.15, 0.2) is 84.9 Å². The molecule has 1 aromatic heterocycles. The molecule has 0 radical (unpaired) electrons. The molecule has 5 nitrogen and oxygen atoms in total. The van der Waals surface area contributed by atoms with Gasteiger partial charge in [-0.15, -0.1) is 13.2 Å². The number of nitrogens with zero attached hydrogens (tertiary/aromatic N) is 3. The topological polar surface area (TPSA) is 47.4 Å². The van der Waals surface area contributed by atoms with E-state index in [1.54, 1.807) is 12.1 Å². The van der Waals surface area contributed by atoms with Crippen LogP contribution in [0.2, 0.25) is 0 Å². The molecule has 8 heteroatoms. The lowest BCUT2D eigenvalue weighted by molar-refractivity contribution is -0.274. The predicted octanol–water partition coefficient (Wildman–Crippen LogP) is 7.43. The van der Waals surface area contributed by atoms with Crippen LogP contribution in [0.25, 0.3) is 33.2 Å². The minimum absolute atomic E-state index is 0.0121. The Hall–Kier alpha value is -4.33. The second kappa shape index (κ2) is 10.1. The summed E-state index contributed by atoms with van der Waals surface area (Å²) in [4.78, 5) is 20.1. The van der Waals surface area contributed by atoms with Crippen molar-refractivity contribution in [3.63, 3.8) is 0 Å². The molecule has 6 rings (SSSR count). The molecule has 0 N–H and O–H groups in total. The molecular weight excluding hydrogens is 503 g/mol. The zero-order valence-corrected chi connectivity index (χ0v) is 21.1. The highest BCUT2D eigenvalue weighted by molar-refractivity contribution is 6.00. The highest BCUT2D eigenvalue weighted by Crippen LogP contribution is 2.32. The molecule has 4 aromatic carbocycles. The molecule has 0 spiro atoms. The lowest BCUT2D eigenvalue weighted by atomic mass is 10.0. The van der Waals surface area contributed by atoms with Gasteiger partial charge in [0.25, 0.3) is 5.91 Å². The van der Waals surface area contributed by atoms with E-state index in [1.807, 2.05) is 70.1 Å². The number of aromatic nitrogens is 2. The second-order valence-corrected chi connectivity index (χ2v) is 9.80. The van der Waals surface area contributed by atoms with Crippen LogP contribution < -0.4 is 4.74 Å². The molecule has 0 saturated carbocycles. The first-order chi connectivity index (χ1) is 18.9. The zero-order chi connectivity index (χ0) is 27.0. The van der Waals surface area contributed by atoms with E-state index in [9.17, 15) is 18.0 Å². The summed E-state index contributed by atoms with van der Waals surface area (Å²) in [5.41, 5.74) is 3.86. The predicted molar refractivity (Wildman–Crippen MR) is 145 cm³/mol. The van der Waals surface area contributed by atoms with Gasteiger partial charge in [0.2, 0.25) is 0 Å². The fourth-order valence-electron chi connectivity index (χ4n) is 5.31. The van der Waals surface area contributed by atoms with Crippen LogP contribution >= 0.6 is 0 Å². The van der Waals surface area contributed by atoms with Crippen molar-refractivity contribution in [2.75, 3.05) is 13.1 Å². The molecule has 1 amide bonds. The minimum atomic E-state index is -4.74. The van der Waals surface area contributed by atoms with Gasteiger partial charge in [-0.2, -0.15) is 0 Å². The summed E-state index contributed by atoms with van der Waals surface area (Å²) in [6, 6.07) is 25.6. The van der Waals surface area contributed by atoms with E-state index < -0.39 is 6.36 Å². The highest BCUT2D eigenvalue weighted by Gasteiger charge is 2.31. The number of hydrogen-bond acceptors (Lipinski definition) is 3. The number of halogens is 3. The summed E-state index contributed by atoms with van der Waals surface area (Å²) in [5, 5.41) is 2.11. The number of hydrogen-bond donors (Lipinski definition) is 0. The first-order valence-electron chi connectivity index (χ1n) is 13.0. The number of alkyl halides is 3. The smallest absolute Gasteiger partial charge is 0.406 e. The average molecular weight is 530 g/mol. The largest absolute Gasteiger partial charge is 0.573 e. The van der Waals surface area contributed by atoms with E-state index in [1.165, 1.54) is 12.1 Å². The van der Waals surface area contributed by atoms with Gasteiger partial charge in [-0.3, -0.25) is 4.79 Å². The van der Waals surface area contributed by atoms with Gasteiger partial charge < -0.3 is 14.2 Å². The van der Waals surface area contributed by atoms with Gasteiger partial charge >= 0.3 is 6.36 Å². The van der Waals surface area contributed by atoms with E-state index in [-0.39, 0.29) is 11.7 Å². The van der Waals surface area contributed by atoms with E-state index in [0.717, 1.165) is 65.6 Å². The van der Waals surface area contributed by atoms with Crippen LogP contribution in [0.5, 0.6) is 5.75 Å². The standard InChI is InChI=1S/C31H26F3N3O2/c32-31(33,34)39-24-14-11-21(12-15-24)20-37-28-16-13-23(30(38)36-17-4-1-5-18-36)19-27(28)35-29(37)26-10-6-8-22-7-2-3-9-25(22)26/h2-3,6-16,19H,1,4-5,17-18,20H2. The summed E-state index contributed by atoms with van der Waals surface area (Å²) >= 11 is 0. The Kier molecular flexibility index (Phi) is 6.46. The number of fused-ring (bicyclic) bond motifs is 2. The van der Waals surface area contributed by atoms with E-state index in [4.69, 9.17) is 4.98 Å². The molecule has 1 saturated heterocycles. The number of piperidine rings is 1. The van der Waals surface area contributed by atoms with E-state index >= 15 is 0 Å². The lowest BCUT2D eigenvalue weighted by Gasteiger charge is -2.26. The van der Waals surface area contributed by atoms with E-state index in [2.05, 4.69) is 4.74 Å². The zero-order valence-electron chi connectivity index (χ0n) is 21.1. The lowest BCUT2D eigenvalue weighted by Crippen LogP contribution is -2.35. The van der Waals surface area contributed by atoms with Crippen molar-refractivity contribution in [2.24, 2.45) is 0 Å². The maximum Gasteiger partial charge on any atom is 0.573 e. The number of benzene rings is 4. The molecule has 1 aliphatic heterocycles. The van der Waals surface area contributed by atoms with Gasteiger partial charge in [0.05, 0.1) is 11.0 Å². The molecule has 198 valence electrons. The van der Waals surface area contributed by atoms with Crippen LogP contribution in [-0.2, 0) is 6.54 Å². The molecule has 2 heterocycles. The van der Waals surface area contributed by atoms with Crippen LogP contribution in [0.3, 0.4) is 0 Å². The van der Waals surface area contributed by atoms with E-state index in [0.29, 0.717) is 17.6 Å². The number of rotatable bonds is 5. The first-order valence-corrected chi connectivity index (χ1v) is 13.0. The van der Waals surface area contributed by atoms with Gasteiger partial charge in [-0.25, -0.2) is 4.98 Å². The third-order valence-electron chi connectivity index (χ3n) is 7.17. The Morgan fingerprint density at radius 3 is 2.38 bits per heavy atom.